The van der Waals surface area contributed by atoms with E-state index >= 15 is 0 Å². The summed E-state index contributed by atoms with van der Waals surface area (Å²) in [4.78, 5) is 34.9. The molecule has 398 valence electrons. The molecule has 0 heterocycles. The lowest BCUT2D eigenvalue weighted by Gasteiger charge is -2.19. The molecule has 0 rings (SSSR count). The van der Waals surface area contributed by atoms with Gasteiger partial charge in [0, 0.05) is 19.4 Å². The molecule has 0 aromatic rings. The molecule has 0 aromatic heterocycles. The van der Waals surface area contributed by atoms with Crippen molar-refractivity contribution < 1.29 is 37.6 Å². The van der Waals surface area contributed by atoms with Crippen LogP contribution in [-0.2, 0) is 32.7 Å². The van der Waals surface area contributed by atoms with Crippen LogP contribution in [0.1, 0.15) is 213 Å². The summed E-state index contributed by atoms with van der Waals surface area (Å²) in [5.74, 6) is -0.851. The highest BCUT2D eigenvalue weighted by atomic mass is 31.2. The van der Waals surface area contributed by atoms with Crippen molar-refractivity contribution in [3.05, 3.63) is 122 Å². The topological polar surface area (TPSA) is 134 Å². The van der Waals surface area contributed by atoms with E-state index in [0.717, 1.165) is 128 Å². The number of esters is 2. The number of ether oxygens (including phenoxy) is 2. The maximum Gasteiger partial charge on any atom is 0.472 e. The van der Waals surface area contributed by atoms with Gasteiger partial charge in [-0.1, -0.05) is 219 Å². The summed E-state index contributed by atoms with van der Waals surface area (Å²) in [6.07, 6.45) is 75.6. The Morgan fingerprint density at radius 2 is 0.786 bits per heavy atom. The van der Waals surface area contributed by atoms with Gasteiger partial charge in [-0.15, -0.1) is 0 Å². The maximum atomic E-state index is 12.6. The summed E-state index contributed by atoms with van der Waals surface area (Å²) in [5.41, 5.74) is 5.36. The van der Waals surface area contributed by atoms with Gasteiger partial charge in [-0.3, -0.25) is 18.6 Å². The highest BCUT2D eigenvalue weighted by Gasteiger charge is 2.26. The summed E-state index contributed by atoms with van der Waals surface area (Å²) >= 11 is 0. The summed E-state index contributed by atoms with van der Waals surface area (Å²) < 4.78 is 32.8. The van der Waals surface area contributed by atoms with Gasteiger partial charge in [-0.05, 0) is 103 Å². The van der Waals surface area contributed by atoms with Crippen LogP contribution in [0, 0.1) is 0 Å². The van der Waals surface area contributed by atoms with Crippen molar-refractivity contribution in [2.24, 2.45) is 5.73 Å². The van der Waals surface area contributed by atoms with Gasteiger partial charge in [-0.25, -0.2) is 4.57 Å². The first-order valence-corrected chi connectivity index (χ1v) is 29.0. The number of hydrogen-bond acceptors (Lipinski definition) is 8. The molecule has 3 N–H and O–H groups in total. The molecule has 70 heavy (non-hydrogen) atoms. The number of hydrogen-bond donors (Lipinski definition) is 2. The number of carbonyl (C=O) groups is 2. The van der Waals surface area contributed by atoms with Crippen LogP contribution in [0.4, 0.5) is 0 Å². The van der Waals surface area contributed by atoms with E-state index in [0.29, 0.717) is 6.42 Å². The minimum absolute atomic E-state index is 0.0470. The number of carbonyl (C=O) groups excluding carboxylic acids is 2. The van der Waals surface area contributed by atoms with E-state index in [1.807, 2.05) is 0 Å². The zero-order valence-electron chi connectivity index (χ0n) is 44.2. The summed E-state index contributed by atoms with van der Waals surface area (Å²) in [6.45, 7) is 3.53. The van der Waals surface area contributed by atoms with Crippen LogP contribution in [0.5, 0.6) is 0 Å². The second-order valence-corrected chi connectivity index (χ2v) is 19.2. The van der Waals surface area contributed by atoms with Crippen molar-refractivity contribution in [3.8, 4) is 0 Å². The number of phosphoric acid groups is 1. The third-order valence-electron chi connectivity index (χ3n) is 11.1. The summed E-state index contributed by atoms with van der Waals surface area (Å²) in [6, 6.07) is 0. The van der Waals surface area contributed by atoms with Crippen LogP contribution in [0.15, 0.2) is 122 Å². The second kappa shape index (κ2) is 54.7. The van der Waals surface area contributed by atoms with E-state index in [9.17, 15) is 19.0 Å². The predicted molar refractivity (Wildman–Crippen MR) is 297 cm³/mol. The Balaban J connectivity index is 3.91. The Morgan fingerprint density at radius 3 is 1.19 bits per heavy atom. The molecule has 0 aliphatic carbocycles. The van der Waals surface area contributed by atoms with Crippen molar-refractivity contribution in [2.75, 3.05) is 26.4 Å². The van der Waals surface area contributed by atoms with Gasteiger partial charge in [-0.2, -0.15) is 0 Å². The lowest BCUT2D eigenvalue weighted by atomic mass is 10.0. The zero-order valence-corrected chi connectivity index (χ0v) is 45.1. The van der Waals surface area contributed by atoms with Crippen LogP contribution in [0.2, 0.25) is 0 Å². The largest absolute Gasteiger partial charge is 0.472 e. The molecule has 2 atom stereocenters. The first-order chi connectivity index (χ1) is 34.3. The van der Waals surface area contributed by atoms with Crippen LogP contribution in [0.25, 0.3) is 0 Å². The number of allylic oxidation sites excluding steroid dienone is 20. The monoisotopic (exact) mass is 994 g/mol. The molecule has 0 saturated heterocycles. The lowest BCUT2D eigenvalue weighted by molar-refractivity contribution is -0.161. The SMILES string of the molecule is CC/C=C\C/C=C\C/C=C\C/C=C\C/C=C\C/C=C\C/C=C\C/C=C\C/C=C\CCCCCCCCCCCCCC(=O)OC(COC(=O)CCCCCCC/C=C\CCC)COP(=O)(O)OCCN. The average molecular weight is 994 g/mol. The molecule has 9 nitrogen and oxygen atoms in total. The summed E-state index contributed by atoms with van der Waals surface area (Å²) in [5, 5.41) is 0. The molecule has 0 bridgehead atoms. The number of rotatable bonds is 50. The molecule has 0 amide bonds. The van der Waals surface area contributed by atoms with E-state index in [1.54, 1.807) is 0 Å². The normalized spacial score (nSPS) is 14.1. The molecule has 0 fully saturated rings. The van der Waals surface area contributed by atoms with Crippen molar-refractivity contribution in [1.29, 1.82) is 0 Å². The van der Waals surface area contributed by atoms with E-state index in [4.69, 9.17) is 24.3 Å². The second-order valence-electron chi connectivity index (χ2n) is 17.7. The molecule has 0 radical (unpaired) electrons. The molecular weight excluding hydrogens is 894 g/mol. The number of nitrogens with two attached hydrogens (primary N) is 1. The van der Waals surface area contributed by atoms with Crippen molar-refractivity contribution in [3.63, 3.8) is 0 Å². The first kappa shape index (κ1) is 66.4. The minimum Gasteiger partial charge on any atom is -0.462 e. The Hall–Kier alpha value is -3.59. The lowest BCUT2D eigenvalue weighted by Crippen LogP contribution is -2.29. The van der Waals surface area contributed by atoms with Crippen molar-refractivity contribution in [2.45, 2.75) is 219 Å². The quantitative estimate of drug-likeness (QED) is 0.0264. The fraction of sp³-hybridized carbons (Fsp3) is 0.633. The van der Waals surface area contributed by atoms with Gasteiger partial charge >= 0.3 is 19.8 Å². The van der Waals surface area contributed by atoms with Gasteiger partial charge < -0.3 is 20.1 Å². The van der Waals surface area contributed by atoms with E-state index in [1.165, 1.54) is 51.4 Å². The van der Waals surface area contributed by atoms with Crippen LogP contribution >= 0.6 is 7.82 Å². The molecule has 0 spiro atoms. The number of phosphoric ester groups is 1. The van der Waals surface area contributed by atoms with E-state index < -0.39 is 32.5 Å². The van der Waals surface area contributed by atoms with Gasteiger partial charge in [0.15, 0.2) is 6.10 Å². The standard InChI is InChI=1S/C60H100NO8P/c1-3-5-7-9-11-13-15-16-17-18-19-20-21-22-23-24-25-26-27-28-29-30-31-32-33-34-35-36-37-38-39-40-41-42-43-45-47-49-51-53-60(63)69-58(57-68-70(64,65)67-55-54-61)56-66-59(62)52-50-48-46-44-14-12-10-8-6-4-2/h5,7-8,10-11,13,16-17,19-20,22-23,25-26,28-29,31-32,34-35,58H,3-4,6,9,12,14-15,18,21,24,27,30,33,36-57,61H2,1-2H3,(H,64,65)/b7-5-,10-8-,13-11-,17-16-,20-19-,23-22-,26-25-,29-28-,32-31-,35-34-. The molecule has 2 unspecified atom stereocenters. The highest BCUT2D eigenvalue weighted by molar-refractivity contribution is 7.47. The minimum atomic E-state index is -4.39. The molecule has 0 saturated carbocycles. The molecule has 0 aliphatic rings. The molecular formula is C60H100NO8P. The maximum absolute atomic E-state index is 12.6. The van der Waals surface area contributed by atoms with Crippen molar-refractivity contribution in [1.82, 2.24) is 0 Å². The Bertz CT molecular complexity index is 1550. The summed E-state index contributed by atoms with van der Waals surface area (Å²) in [7, 11) is -4.39. The van der Waals surface area contributed by atoms with Gasteiger partial charge in [0.2, 0.25) is 0 Å². The van der Waals surface area contributed by atoms with Gasteiger partial charge in [0.25, 0.3) is 0 Å². The Labute approximate surface area is 428 Å². The third kappa shape index (κ3) is 53.8. The van der Waals surface area contributed by atoms with Gasteiger partial charge in [0.1, 0.15) is 6.61 Å². The van der Waals surface area contributed by atoms with Crippen LogP contribution < -0.4 is 5.73 Å². The van der Waals surface area contributed by atoms with Crippen LogP contribution in [0.3, 0.4) is 0 Å². The van der Waals surface area contributed by atoms with E-state index in [2.05, 4.69) is 135 Å². The predicted octanol–water partition coefficient (Wildman–Crippen LogP) is 17.2. The number of unbranched alkanes of at least 4 members (excludes halogenated alkanes) is 17. The van der Waals surface area contributed by atoms with Gasteiger partial charge in [0.05, 0.1) is 13.2 Å². The van der Waals surface area contributed by atoms with Crippen molar-refractivity contribution >= 4 is 19.8 Å². The Kier molecular flexibility index (Phi) is 51.9. The molecule has 0 aliphatic heterocycles. The Morgan fingerprint density at radius 1 is 0.443 bits per heavy atom. The smallest absolute Gasteiger partial charge is 0.462 e. The average Bonchev–Trinajstić information content (AvgIpc) is 3.35. The molecule has 0 aromatic carbocycles. The van der Waals surface area contributed by atoms with Crippen LogP contribution in [-0.4, -0.2) is 49.3 Å². The highest BCUT2D eigenvalue weighted by Crippen LogP contribution is 2.43. The first-order valence-electron chi connectivity index (χ1n) is 27.5. The fourth-order valence-electron chi connectivity index (χ4n) is 7.04. The molecule has 10 heteroatoms. The third-order valence-corrected chi connectivity index (χ3v) is 12.0. The van der Waals surface area contributed by atoms with E-state index in [-0.39, 0.29) is 32.6 Å². The fourth-order valence-corrected chi connectivity index (χ4v) is 7.81. The zero-order chi connectivity index (χ0) is 51.0.